The minimum atomic E-state index is -0.199. The van der Waals surface area contributed by atoms with Gasteiger partial charge in [-0.05, 0) is 61.1 Å². The Morgan fingerprint density at radius 3 is 2.43 bits per heavy atom. The standard InChI is InChI=1S/C24H31FN2O3/c1-5-26-24(28)20-11-19(18-6-7-23(25)16(2)8-18)14-27(15-20)13-17-9-21(29-3)12-22(10-17)30-4/h6-10,12,19-20H,5,11,13-15H2,1-4H3,(H,26,28). The molecule has 2 atom stereocenters. The smallest absolute Gasteiger partial charge is 0.224 e. The monoisotopic (exact) mass is 414 g/mol. The Labute approximate surface area is 178 Å². The van der Waals surface area contributed by atoms with E-state index in [0.717, 1.165) is 35.6 Å². The van der Waals surface area contributed by atoms with E-state index in [-0.39, 0.29) is 23.6 Å². The molecule has 0 aliphatic carbocycles. The van der Waals surface area contributed by atoms with Crippen LogP contribution < -0.4 is 14.8 Å². The number of methoxy groups -OCH3 is 2. The first-order valence-corrected chi connectivity index (χ1v) is 10.4. The van der Waals surface area contributed by atoms with Gasteiger partial charge in [-0.3, -0.25) is 9.69 Å². The largest absolute Gasteiger partial charge is 0.497 e. The molecule has 2 unspecified atom stereocenters. The van der Waals surface area contributed by atoms with Gasteiger partial charge in [0.1, 0.15) is 17.3 Å². The molecule has 1 heterocycles. The van der Waals surface area contributed by atoms with E-state index in [4.69, 9.17) is 9.47 Å². The third-order valence-electron chi connectivity index (χ3n) is 5.72. The van der Waals surface area contributed by atoms with Crippen LogP contribution in [0.4, 0.5) is 4.39 Å². The zero-order valence-corrected chi connectivity index (χ0v) is 18.2. The molecule has 1 N–H and O–H groups in total. The lowest BCUT2D eigenvalue weighted by Crippen LogP contribution is -2.45. The summed E-state index contributed by atoms with van der Waals surface area (Å²) >= 11 is 0. The molecule has 6 heteroatoms. The van der Waals surface area contributed by atoms with E-state index in [0.29, 0.717) is 25.2 Å². The van der Waals surface area contributed by atoms with Crippen LogP contribution in [0.25, 0.3) is 0 Å². The summed E-state index contributed by atoms with van der Waals surface area (Å²) in [6.07, 6.45) is 0.759. The second-order valence-corrected chi connectivity index (χ2v) is 7.95. The van der Waals surface area contributed by atoms with Crippen LogP contribution in [-0.4, -0.2) is 44.7 Å². The number of amides is 1. The summed E-state index contributed by atoms with van der Waals surface area (Å²) in [5.74, 6) is 1.42. The molecule has 0 bridgehead atoms. The normalized spacial score (nSPS) is 19.4. The summed E-state index contributed by atoms with van der Waals surface area (Å²) in [7, 11) is 3.27. The number of likely N-dealkylation sites (tertiary alicyclic amines) is 1. The quantitative estimate of drug-likeness (QED) is 0.747. The number of hydrogen-bond donors (Lipinski definition) is 1. The van der Waals surface area contributed by atoms with Gasteiger partial charge in [0.05, 0.1) is 20.1 Å². The van der Waals surface area contributed by atoms with E-state index in [1.165, 1.54) is 6.07 Å². The van der Waals surface area contributed by atoms with Crippen LogP contribution in [0.1, 0.15) is 36.0 Å². The average molecular weight is 415 g/mol. The van der Waals surface area contributed by atoms with Gasteiger partial charge in [0.2, 0.25) is 5.91 Å². The highest BCUT2D eigenvalue weighted by molar-refractivity contribution is 5.79. The van der Waals surface area contributed by atoms with Gasteiger partial charge in [-0.25, -0.2) is 4.39 Å². The molecule has 1 fully saturated rings. The number of benzene rings is 2. The van der Waals surface area contributed by atoms with E-state index >= 15 is 0 Å². The van der Waals surface area contributed by atoms with Gasteiger partial charge < -0.3 is 14.8 Å². The summed E-state index contributed by atoms with van der Waals surface area (Å²) in [6.45, 7) is 6.50. The first-order valence-electron chi connectivity index (χ1n) is 10.4. The SMILES string of the molecule is CCNC(=O)C1CC(c2ccc(F)c(C)c2)CN(Cc2cc(OC)cc(OC)c2)C1. The first kappa shape index (κ1) is 22.1. The van der Waals surface area contributed by atoms with Crippen molar-refractivity contribution in [2.75, 3.05) is 33.9 Å². The van der Waals surface area contributed by atoms with Crippen molar-refractivity contribution in [2.45, 2.75) is 32.7 Å². The van der Waals surface area contributed by atoms with Gasteiger partial charge >= 0.3 is 0 Å². The third-order valence-corrected chi connectivity index (χ3v) is 5.72. The topological polar surface area (TPSA) is 50.8 Å². The van der Waals surface area contributed by atoms with Gasteiger partial charge in [-0.1, -0.05) is 12.1 Å². The first-order chi connectivity index (χ1) is 14.4. The summed E-state index contributed by atoms with van der Waals surface area (Å²) in [6, 6.07) is 11.1. The molecule has 1 aliphatic heterocycles. The molecule has 2 aromatic rings. The maximum Gasteiger partial charge on any atom is 0.224 e. The van der Waals surface area contributed by atoms with Crippen molar-refractivity contribution in [3.8, 4) is 11.5 Å². The van der Waals surface area contributed by atoms with Crippen molar-refractivity contribution in [3.63, 3.8) is 0 Å². The second kappa shape index (κ2) is 9.94. The van der Waals surface area contributed by atoms with Crippen molar-refractivity contribution in [2.24, 2.45) is 5.92 Å². The highest BCUT2D eigenvalue weighted by atomic mass is 19.1. The molecule has 0 spiro atoms. The fraction of sp³-hybridized carbons (Fsp3) is 0.458. The van der Waals surface area contributed by atoms with Crippen LogP contribution in [0, 0.1) is 18.7 Å². The lowest BCUT2D eigenvalue weighted by molar-refractivity contribution is -0.127. The minimum absolute atomic E-state index is 0.0780. The number of carbonyl (C=O) groups excluding carboxylic acids is 1. The Bertz CT molecular complexity index is 864. The summed E-state index contributed by atoms with van der Waals surface area (Å²) in [5.41, 5.74) is 2.78. The molecule has 30 heavy (non-hydrogen) atoms. The lowest BCUT2D eigenvalue weighted by Gasteiger charge is -2.37. The summed E-state index contributed by atoms with van der Waals surface area (Å²) < 4.78 is 24.6. The number of carbonyl (C=O) groups is 1. The van der Waals surface area contributed by atoms with E-state index in [2.05, 4.69) is 10.2 Å². The van der Waals surface area contributed by atoms with Crippen LogP contribution in [0.2, 0.25) is 0 Å². The molecular weight excluding hydrogens is 383 g/mol. The maximum absolute atomic E-state index is 13.8. The molecule has 0 radical (unpaired) electrons. The zero-order valence-electron chi connectivity index (χ0n) is 18.2. The Morgan fingerprint density at radius 1 is 1.13 bits per heavy atom. The maximum atomic E-state index is 13.8. The van der Waals surface area contributed by atoms with E-state index in [9.17, 15) is 9.18 Å². The van der Waals surface area contributed by atoms with Crippen molar-refractivity contribution in [3.05, 3.63) is 58.9 Å². The van der Waals surface area contributed by atoms with Crippen molar-refractivity contribution in [1.29, 1.82) is 0 Å². The predicted molar refractivity (Wildman–Crippen MR) is 115 cm³/mol. The molecule has 2 aromatic carbocycles. The molecule has 0 saturated carbocycles. The predicted octanol–water partition coefficient (Wildman–Crippen LogP) is 3.89. The Morgan fingerprint density at radius 2 is 1.83 bits per heavy atom. The summed E-state index contributed by atoms with van der Waals surface area (Å²) in [5, 5.41) is 2.96. The number of rotatable bonds is 7. The van der Waals surface area contributed by atoms with Crippen LogP contribution in [0.5, 0.6) is 11.5 Å². The Balaban J connectivity index is 1.85. The number of hydrogen-bond acceptors (Lipinski definition) is 4. The number of nitrogens with zero attached hydrogens (tertiary/aromatic N) is 1. The van der Waals surface area contributed by atoms with Gasteiger partial charge in [-0.15, -0.1) is 0 Å². The van der Waals surface area contributed by atoms with Crippen LogP contribution in [0.15, 0.2) is 36.4 Å². The number of piperidine rings is 1. The molecule has 1 saturated heterocycles. The van der Waals surface area contributed by atoms with Crippen molar-refractivity contribution in [1.82, 2.24) is 10.2 Å². The summed E-state index contributed by atoms with van der Waals surface area (Å²) in [4.78, 5) is 14.9. The fourth-order valence-corrected chi connectivity index (χ4v) is 4.21. The number of halogens is 1. The fourth-order valence-electron chi connectivity index (χ4n) is 4.21. The van der Waals surface area contributed by atoms with Crippen molar-refractivity contribution >= 4 is 5.91 Å². The Kier molecular flexibility index (Phi) is 7.32. The van der Waals surface area contributed by atoms with E-state index in [1.54, 1.807) is 21.1 Å². The number of aryl methyl sites for hydroxylation is 1. The van der Waals surface area contributed by atoms with Gasteiger partial charge in [0.25, 0.3) is 0 Å². The zero-order chi connectivity index (χ0) is 21.7. The molecule has 3 rings (SSSR count). The molecule has 1 aliphatic rings. The van der Waals surface area contributed by atoms with Crippen LogP contribution in [0.3, 0.4) is 0 Å². The van der Waals surface area contributed by atoms with Gasteiger partial charge in [-0.2, -0.15) is 0 Å². The Hall–Kier alpha value is -2.60. The molecular formula is C24H31FN2O3. The molecule has 5 nitrogen and oxygen atoms in total. The molecule has 0 aromatic heterocycles. The van der Waals surface area contributed by atoms with E-state index in [1.807, 2.05) is 37.3 Å². The minimum Gasteiger partial charge on any atom is -0.497 e. The third kappa shape index (κ3) is 5.30. The number of ether oxygens (including phenoxy) is 2. The van der Waals surface area contributed by atoms with Gasteiger partial charge in [0.15, 0.2) is 0 Å². The average Bonchev–Trinajstić information content (AvgIpc) is 2.75. The molecule has 1 amide bonds. The lowest BCUT2D eigenvalue weighted by atomic mass is 9.83. The highest BCUT2D eigenvalue weighted by Crippen LogP contribution is 2.33. The second-order valence-electron chi connectivity index (χ2n) is 7.95. The van der Waals surface area contributed by atoms with Gasteiger partial charge in [0, 0.05) is 32.2 Å². The van der Waals surface area contributed by atoms with Crippen molar-refractivity contribution < 1.29 is 18.7 Å². The van der Waals surface area contributed by atoms with Crippen LogP contribution in [-0.2, 0) is 11.3 Å². The van der Waals surface area contributed by atoms with E-state index < -0.39 is 0 Å². The number of nitrogens with one attached hydrogen (secondary N) is 1. The highest BCUT2D eigenvalue weighted by Gasteiger charge is 2.32. The molecule has 162 valence electrons. The van der Waals surface area contributed by atoms with Crippen LogP contribution >= 0.6 is 0 Å².